The summed E-state index contributed by atoms with van der Waals surface area (Å²) in [7, 11) is 0. The van der Waals surface area contributed by atoms with Gasteiger partial charge >= 0.3 is 0 Å². The first-order valence-electron chi connectivity index (χ1n) is 6.28. The van der Waals surface area contributed by atoms with E-state index in [0.29, 0.717) is 12.1 Å². The van der Waals surface area contributed by atoms with Gasteiger partial charge in [0, 0.05) is 19.0 Å². The summed E-state index contributed by atoms with van der Waals surface area (Å²) in [5, 5.41) is 3.13. The first kappa shape index (κ1) is 10.9. The van der Waals surface area contributed by atoms with E-state index in [1.807, 2.05) is 0 Å². The van der Waals surface area contributed by atoms with Gasteiger partial charge in [0.15, 0.2) is 0 Å². The Morgan fingerprint density at radius 1 is 1.13 bits per heavy atom. The van der Waals surface area contributed by atoms with Crippen LogP contribution in [0.2, 0.25) is 0 Å². The molecule has 1 aliphatic carbocycles. The van der Waals surface area contributed by atoms with Crippen LogP contribution in [0.3, 0.4) is 0 Å². The van der Waals surface area contributed by atoms with E-state index >= 15 is 0 Å². The van der Waals surface area contributed by atoms with Gasteiger partial charge < -0.3 is 5.32 Å². The van der Waals surface area contributed by atoms with Gasteiger partial charge in [-0.2, -0.15) is 0 Å². The molecule has 2 atom stereocenters. The Morgan fingerprint density at radius 3 is 2.47 bits per heavy atom. The van der Waals surface area contributed by atoms with Gasteiger partial charge in [-0.15, -0.1) is 0 Å². The molecule has 1 heterocycles. The topological polar surface area (TPSA) is 32.3 Å². The standard InChI is InChI=1S/C12H22N2O/c1-10(15)13-11-6-2-3-7-12(11)14-8-4-5-9-14/h11-12H,2-9H2,1H3,(H,13,15)/t11-,12-/m1/s1. The summed E-state index contributed by atoms with van der Waals surface area (Å²) in [6.45, 7) is 4.11. The van der Waals surface area contributed by atoms with Crippen molar-refractivity contribution in [2.45, 2.75) is 57.5 Å². The molecule has 0 bridgehead atoms. The fourth-order valence-electron chi connectivity index (χ4n) is 3.05. The van der Waals surface area contributed by atoms with Gasteiger partial charge in [-0.25, -0.2) is 0 Å². The highest BCUT2D eigenvalue weighted by molar-refractivity contribution is 5.73. The molecular formula is C12H22N2O. The van der Waals surface area contributed by atoms with Gasteiger partial charge in [-0.3, -0.25) is 9.69 Å². The molecule has 0 spiro atoms. The van der Waals surface area contributed by atoms with Gasteiger partial charge in [-0.05, 0) is 38.8 Å². The van der Waals surface area contributed by atoms with Crippen LogP contribution < -0.4 is 5.32 Å². The Balaban J connectivity index is 1.95. The third-order valence-electron chi connectivity index (χ3n) is 3.73. The SMILES string of the molecule is CC(=O)N[C@@H]1CCCC[C@H]1N1CCCC1. The molecule has 0 aromatic heterocycles. The van der Waals surface area contributed by atoms with Crippen LogP contribution in [0, 0.1) is 0 Å². The smallest absolute Gasteiger partial charge is 0.217 e. The lowest BCUT2D eigenvalue weighted by atomic mass is 9.89. The fraction of sp³-hybridized carbons (Fsp3) is 0.917. The van der Waals surface area contributed by atoms with E-state index in [1.165, 1.54) is 51.6 Å². The Hall–Kier alpha value is -0.570. The summed E-state index contributed by atoms with van der Waals surface area (Å²) in [6, 6.07) is 1.03. The monoisotopic (exact) mass is 210 g/mol. The zero-order chi connectivity index (χ0) is 10.7. The number of hydrogen-bond donors (Lipinski definition) is 1. The van der Waals surface area contributed by atoms with Gasteiger partial charge in [0.2, 0.25) is 5.91 Å². The molecule has 0 radical (unpaired) electrons. The van der Waals surface area contributed by atoms with Gasteiger partial charge in [-0.1, -0.05) is 12.8 Å². The van der Waals surface area contributed by atoms with Gasteiger partial charge in [0.05, 0.1) is 0 Å². The zero-order valence-corrected chi connectivity index (χ0v) is 9.67. The second-order valence-corrected chi connectivity index (χ2v) is 4.90. The van der Waals surface area contributed by atoms with E-state index in [0.717, 1.165) is 0 Å². The van der Waals surface area contributed by atoms with Gasteiger partial charge in [0.1, 0.15) is 0 Å². The van der Waals surface area contributed by atoms with Crippen molar-refractivity contribution in [2.75, 3.05) is 13.1 Å². The van der Waals surface area contributed by atoms with Crippen LogP contribution in [-0.4, -0.2) is 36.0 Å². The second-order valence-electron chi connectivity index (χ2n) is 4.90. The largest absolute Gasteiger partial charge is 0.352 e. The number of amides is 1. The lowest BCUT2D eigenvalue weighted by Crippen LogP contribution is -2.52. The first-order valence-corrected chi connectivity index (χ1v) is 6.28. The number of nitrogens with zero attached hydrogens (tertiary/aromatic N) is 1. The molecule has 1 saturated carbocycles. The summed E-state index contributed by atoms with van der Waals surface area (Å²) in [5.41, 5.74) is 0. The summed E-state index contributed by atoms with van der Waals surface area (Å²) in [5.74, 6) is 0.131. The Bertz CT molecular complexity index is 224. The van der Waals surface area contributed by atoms with E-state index in [-0.39, 0.29) is 5.91 Å². The summed E-state index contributed by atoms with van der Waals surface area (Å²) >= 11 is 0. The summed E-state index contributed by atoms with van der Waals surface area (Å²) < 4.78 is 0. The van der Waals surface area contributed by atoms with Crippen molar-refractivity contribution in [3.63, 3.8) is 0 Å². The molecule has 0 unspecified atom stereocenters. The average Bonchev–Trinajstić information content (AvgIpc) is 2.70. The normalized spacial score (nSPS) is 32.9. The molecule has 3 heteroatoms. The average molecular weight is 210 g/mol. The number of carbonyl (C=O) groups excluding carboxylic acids is 1. The van der Waals surface area contributed by atoms with Crippen molar-refractivity contribution in [3.05, 3.63) is 0 Å². The third kappa shape index (κ3) is 2.71. The second kappa shape index (κ2) is 4.97. The zero-order valence-electron chi connectivity index (χ0n) is 9.67. The predicted molar refractivity (Wildman–Crippen MR) is 60.7 cm³/mol. The molecule has 0 aromatic rings. The van der Waals surface area contributed by atoms with E-state index in [2.05, 4.69) is 10.2 Å². The van der Waals surface area contributed by atoms with Crippen LogP contribution >= 0.6 is 0 Å². The minimum Gasteiger partial charge on any atom is -0.352 e. The highest BCUT2D eigenvalue weighted by atomic mass is 16.1. The van der Waals surface area contributed by atoms with Crippen molar-refractivity contribution in [1.29, 1.82) is 0 Å². The highest BCUT2D eigenvalue weighted by Crippen LogP contribution is 2.26. The lowest BCUT2D eigenvalue weighted by Gasteiger charge is -2.38. The molecule has 0 aromatic carbocycles. The number of nitrogens with one attached hydrogen (secondary N) is 1. The first-order chi connectivity index (χ1) is 7.27. The molecule has 1 N–H and O–H groups in total. The maximum atomic E-state index is 11.1. The lowest BCUT2D eigenvalue weighted by molar-refractivity contribution is -0.120. The fourth-order valence-corrected chi connectivity index (χ4v) is 3.05. The maximum absolute atomic E-state index is 11.1. The van der Waals surface area contributed by atoms with E-state index in [9.17, 15) is 4.79 Å². The molecule has 2 fully saturated rings. The predicted octanol–water partition coefficient (Wildman–Crippen LogP) is 1.53. The van der Waals surface area contributed by atoms with Crippen LogP contribution in [-0.2, 0) is 4.79 Å². The van der Waals surface area contributed by atoms with E-state index < -0.39 is 0 Å². The third-order valence-corrected chi connectivity index (χ3v) is 3.73. The summed E-state index contributed by atoms with van der Waals surface area (Å²) in [4.78, 5) is 13.7. The van der Waals surface area contributed by atoms with Crippen LogP contribution in [0.4, 0.5) is 0 Å². The van der Waals surface area contributed by atoms with Crippen molar-refractivity contribution in [1.82, 2.24) is 10.2 Å². The van der Waals surface area contributed by atoms with Crippen molar-refractivity contribution >= 4 is 5.91 Å². The van der Waals surface area contributed by atoms with Crippen molar-refractivity contribution < 1.29 is 4.79 Å². The van der Waals surface area contributed by atoms with E-state index in [1.54, 1.807) is 6.92 Å². The Kier molecular flexibility index (Phi) is 3.62. The molecule has 3 nitrogen and oxygen atoms in total. The molecule has 1 aliphatic heterocycles. The van der Waals surface area contributed by atoms with Crippen molar-refractivity contribution in [3.8, 4) is 0 Å². The maximum Gasteiger partial charge on any atom is 0.217 e. The Labute approximate surface area is 92.2 Å². The van der Waals surface area contributed by atoms with Crippen LogP contribution in [0.1, 0.15) is 45.4 Å². The molecular weight excluding hydrogens is 188 g/mol. The van der Waals surface area contributed by atoms with Gasteiger partial charge in [0.25, 0.3) is 0 Å². The minimum atomic E-state index is 0.131. The number of hydrogen-bond acceptors (Lipinski definition) is 2. The molecule has 86 valence electrons. The molecule has 15 heavy (non-hydrogen) atoms. The quantitative estimate of drug-likeness (QED) is 0.749. The van der Waals surface area contributed by atoms with Crippen LogP contribution in [0.5, 0.6) is 0 Å². The highest BCUT2D eigenvalue weighted by Gasteiger charge is 2.31. The van der Waals surface area contributed by atoms with E-state index in [4.69, 9.17) is 0 Å². The van der Waals surface area contributed by atoms with Crippen LogP contribution in [0.25, 0.3) is 0 Å². The molecule has 2 aliphatic rings. The molecule has 1 saturated heterocycles. The Morgan fingerprint density at radius 2 is 1.80 bits per heavy atom. The van der Waals surface area contributed by atoms with Crippen LogP contribution in [0.15, 0.2) is 0 Å². The molecule has 2 rings (SSSR count). The number of likely N-dealkylation sites (tertiary alicyclic amines) is 1. The molecule has 1 amide bonds. The number of carbonyl (C=O) groups is 1. The number of rotatable bonds is 2. The van der Waals surface area contributed by atoms with Crippen molar-refractivity contribution in [2.24, 2.45) is 0 Å². The minimum absolute atomic E-state index is 0.131. The summed E-state index contributed by atoms with van der Waals surface area (Å²) in [6.07, 6.45) is 7.71.